The van der Waals surface area contributed by atoms with Crippen LogP contribution in [0.5, 0.6) is 0 Å². The molecule has 0 bridgehead atoms. The summed E-state index contributed by atoms with van der Waals surface area (Å²) >= 11 is 0. The summed E-state index contributed by atoms with van der Waals surface area (Å²) in [6, 6.07) is 7.66. The molecule has 8 nitrogen and oxygen atoms in total. The van der Waals surface area contributed by atoms with E-state index in [9.17, 15) is 9.70 Å². The summed E-state index contributed by atoms with van der Waals surface area (Å²) in [6.45, 7) is 6.86. The Hall–Kier alpha value is -3.03. The lowest BCUT2D eigenvalue weighted by Crippen LogP contribution is -2.26. The lowest BCUT2D eigenvalue weighted by molar-refractivity contribution is 0.358. The number of benzene rings is 1. The van der Waals surface area contributed by atoms with Crippen LogP contribution in [-0.2, 0) is 13.1 Å². The Morgan fingerprint density at radius 1 is 1.21 bits per heavy atom. The number of azo groups is 1. The predicted molar refractivity (Wildman–Crippen MR) is 91.8 cm³/mol. The van der Waals surface area contributed by atoms with Crippen molar-refractivity contribution < 1.29 is 0 Å². The largest absolute Gasteiger partial charge is 0.339 e. The standard InChI is InChI=1S/C16H18N6O2/c1-11-7-3-4-8-13(11)17-12(2)18-19-14-15(20-24)21-9-5-6-10-22(21)16(14)23/h3-4,7-8,17H,2,5-6,9-10H2,1H3. The van der Waals surface area contributed by atoms with E-state index in [1.807, 2.05) is 31.2 Å². The van der Waals surface area contributed by atoms with Crippen LogP contribution in [0.4, 0.5) is 17.2 Å². The number of hydrogen-bond acceptors (Lipinski definition) is 6. The summed E-state index contributed by atoms with van der Waals surface area (Å²) in [5.74, 6) is 0.293. The van der Waals surface area contributed by atoms with Crippen molar-refractivity contribution in [2.24, 2.45) is 15.4 Å². The number of rotatable bonds is 5. The van der Waals surface area contributed by atoms with Crippen molar-refractivity contribution in [2.75, 3.05) is 5.32 Å². The lowest BCUT2D eigenvalue weighted by atomic mass is 10.2. The maximum Gasteiger partial charge on any atom is 0.297 e. The van der Waals surface area contributed by atoms with Crippen LogP contribution in [0, 0.1) is 11.8 Å². The molecule has 3 rings (SSSR count). The average molecular weight is 326 g/mol. The number of nitrogens with zero attached hydrogens (tertiary/aromatic N) is 5. The van der Waals surface area contributed by atoms with Crippen LogP contribution in [0.25, 0.3) is 0 Å². The van der Waals surface area contributed by atoms with Gasteiger partial charge in [-0.3, -0.25) is 9.48 Å². The molecule has 1 aliphatic heterocycles. The summed E-state index contributed by atoms with van der Waals surface area (Å²) in [6.07, 6.45) is 1.79. The van der Waals surface area contributed by atoms with E-state index in [4.69, 9.17) is 0 Å². The molecule has 0 saturated heterocycles. The first-order chi connectivity index (χ1) is 11.6. The van der Waals surface area contributed by atoms with Crippen molar-refractivity contribution in [3.8, 4) is 0 Å². The highest BCUT2D eigenvalue weighted by Gasteiger charge is 2.23. The van der Waals surface area contributed by atoms with Gasteiger partial charge in [0.1, 0.15) is 5.82 Å². The molecule has 1 N–H and O–H groups in total. The molecule has 2 heterocycles. The molecular formula is C16H18N6O2. The van der Waals surface area contributed by atoms with Crippen LogP contribution in [0.1, 0.15) is 18.4 Å². The molecule has 0 aliphatic carbocycles. The summed E-state index contributed by atoms with van der Waals surface area (Å²) in [5, 5.41) is 13.8. The second-order valence-corrected chi connectivity index (χ2v) is 5.61. The minimum absolute atomic E-state index is 0.0205. The maximum atomic E-state index is 12.4. The number of para-hydroxylation sites is 1. The van der Waals surface area contributed by atoms with E-state index in [1.165, 1.54) is 4.68 Å². The molecule has 8 heteroatoms. The van der Waals surface area contributed by atoms with Gasteiger partial charge in [0.05, 0.1) is 0 Å². The van der Waals surface area contributed by atoms with Crippen LogP contribution in [0.2, 0.25) is 0 Å². The normalized spacial score (nSPS) is 13.7. The van der Waals surface area contributed by atoms with Crippen molar-refractivity contribution in [3.63, 3.8) is 0 Å². The molecule has 0 atom stereocenters. The highest BCUT2D eigenvalue weighted by Crippen LogP contribution is 2.28. The van der Waals surface area contributed by atoms with Crippen LogP contribution >= 0.6 is 0 Å². The SMILES string of the molecule is C=C(N=Nc1c(N=O)n2n(c1=O)CCCC2)Nc1ccccc1C. The monoisotopic (exact) mass is 326 g/mol. The number of aryl methyl sites for hydroxylation is 1. The molecule has 1 aromatic carbocycles. The molecule has 124 valence electrons. The van der Waals surface area contributed by atoms with E-state index < -0.39 is 0 Å². The van der Waals surface area contributed by atoms with Crippen LogP contribution in [-0.4, -0.2) is 9.36 Å². The topological polar surface area (TPSA) is 93.1 Å². The molecule has 0 amide bonds. The Morgan fingerprint density at radius 3 is 2.62 bits per heavy atom. The van der Waals surface area contributed by atoms with E-state index in [2.05, 4.69) is 27.3 Å². The Balaban J connectivity index is 1.86. The second-order valence-electron chi connectivity index (χ2n) is 5.61. The minimum atomic E-state index is -0.350. The Morgan fingerprint density at radius 2 is 1.92 bits per heavy atom. The van der Waals surface area contributed by atoms with Gasteiger partial charge in [-0.25, -0.2) is 4.68 Å². The van der Waals surface area contributed by atoms with Crippen molar-refractivity contribution >= 4 is 17.2 Å². The van der Waals surface area contributed by atoms with E-state index in [0.29, 0.717) is 13.1 Å². The zero-order valence-corrected chi connectivity index (χ0v) is 13.4. The number of nitroso groups, excluding NO2 is 1. The minimum Gasteiger partial charge on any atom is -0.339 e. The third kappa shape index (κ3) is 2.90. The smallest absolute Gasteiger partial charge is 0.297 e. The highest BCUT2D eigenvalue weighted by atomic mass is 16.3. The second kappa shape index (κ2) is 6.61. The highest BCUT2D eigenvalue weighted by molar-refractivity contribution is 5.56. The van der Waals surface area contributed by atoms with Gasteiger partial charge in [-0.2, -0.15) is 0 Å². The number of fused-ring (bicyclic) bond motifs is 1. The van der Waals surface area contributed by atoms with Gasteiger partial charge in [0.25, 0.3) is 5.56 Å². The summed E-state index contributed by atoms with van der Waals surface area (Å²) < 4.78 is 3.07. The Labute approximate surface area is 138 Å². The molecule has 0 radical (unpaired) electrons. The van der Waals surface area contributed by atoms with E-state index in [0.717, 1.165) is 24.1 Å². The zero-order chi connectivity index (χ0) is 17.1. The Kier molecular flexibility index (Phi) is 4.37. The van der Waals surface area contributed by atoms with Gasteiger partial charge in [0, 0.05) is 18.8 Å². The van der Waals surface area contributed by atoms with Crippen molar-refractivity contribution in [1.82, 2.24) is 9.36 Å². The molecule has 1 aromatic heterocycles. The van der Waals surface area contributed by atoms with Crippen molar-refractivity contribution in [1.29, 1.82) is 0 Å². The Bertz CT molecular complexity index is 877. The van der Waals surface area contributed by atoms with Gasteiger partial charge >= 0.3 is 0 Å². The number of aromatic nitrogens is 2. The van der Waals surface area contributed by atoms with Crippen LogP contribution in [0.15, 0.2) is 56.9 Å². The van der Waals surface area contributed by atoms with Gasteiger partial charge in [-0.15, -0.1) is 15.1 Å². The third-order valence-corrected chi connectivity index (χ3v) is 3.96. The lowest BCUT2D eigenvalue weighted by Gasteiger charge is -2.16. The fraction of sp³-hybridized carbons (Fsp3) is 0.312. The molecule has 0 spiro atoms. The molecule has 0 fully saturated rings. The molecule has 1 aliphatic rings. The predicted octanol–water partition coefficient (Wildman–Crippen LogP) is 3.82. The number of anilines is 1. The first-order valence-electron chi connectivity index (χ1n) is 7.72. The fourth-order valence-electron chi connectivity index (χ4n) is 2.72. The van der Waals surface area contributed by atoms with Crippen LogP contribution in [0.3, 0.4) is 0 Å². The summed E-state index contributed by atoms with van der Waals surface area (Å²) in [4.78, 5) is 23.5. The fourth-order valence-corrected chi connectivity index (χ4v) is 2.72. The first kappa shape index (κ1) is 15.9. The van der Waals surface area contributed by atoms with Gasteiger partial charge in [0.2, 0.25) is 11.5 Å². The molecular weight excluding hydrogens is 308 g/mol. The number of hydrogen-bond donors (Lipinski definition) is 1. The molecule has 24 heavy (non-hydrogen) atoms. The number of nitrogens with one attached hydrogen (secondary N) is 1. The summed E-state index contributed by atoms with van der Waals surface area (Å²) in [5.41, 5.74) is 1.49. The van der Waals surface area contributed by atoms with Gasteiger partial charge in [-0.1, -0.05) is 24.8 Å². The van der Waals surface area contributed by atoms with Crippen LogP contribution < -0.4 is 10.9 Å². The molecule has 2 aromatic rings. The molecule has 0 saturated carbocycles. The van der Waals surface area contributed by atoms with Crippen molar-refractivity contribution in [3.05, 3.63) is 57.5 Å². The quantitative estimate of drug-likeness (QED) is 0.668. The maximum absolute atomic E-state index is 12.4. The molecule has 0 unspecified atom stereocenters. The van der Waals surface area contributed by atoms with E-state index >= 15 is 0 Å². The summed E-state index contributed by atoms with van der Waals surface area (Å²) in [7, 11) is 0. The average Bonchev–Trinajstić information content (AvgIpc) is 2.87. The van der Waals surface area contributed by atoms with Gasteiger partial charge in [-0.05, 0) is 36.6 Å². The van der Waals surface area contributed by atoms with Crippen molar-refractivity contribution in [2.45, 2.75) is 32.9 Å². The first-order valence-corrected chi connectivity index (χ1v) is 7.72. The zero-order valence-electron chi connectivity index (χ0n) is 13.4. The van der Waals surface area contributed by atoms with E-state index in [-0.39, 0.29) is 22.9 Å². The third-order valence-electron chi connectivity index (χ3n) is 3.96. The van der Waals surface area contributed by atoms with Gasteiger partial charge in [0.15, 0.2) is 0 Å². The van der Waals surface area contributed by atoms with E-state index in [1.54, 1.807) is 4.68 Å². The van der Waals surface area contributed by atoms with Gasteiger partial charge < -0.3 is 5.32 Å².